The molecule has 0 aliphatic carbocycles. The van der Waals surface area contributed by atoms with E-state index in [9.17, 15) is 9.59 Å². The van der Waals surface area contributed by atoms with Crippen LogP contribution in [0.2, 0.25) is 5.02 Å². The third-order valence-electron chi connectivity index (χ3n) is 2.55. The molecule has 4 nitrogen and oxygen atoms in total. The van der Waals surface area contributed by atoms with Gasteiger partial charge in [0.15, 0.2) is 0 Å². The summed E-state index contributed by atoms with van der Waals surface area (Å²) in [5, 5.41) is 9.65. The first-order valence-corrected chi connectivity index (χ1v) is 7.33. The zero-order valence-electron chi connectivity index (χ0n) is 10.6. The fourth-order valence-electron chi connectivity index (χ4n) is 1.54. The molecule has 1 aromatic heterocycles. The SMILES string of the molecule is O=C(CCNC(=O)c1ccsc1)Nc1ccc(Cl)cc1. The number of benzene rings is 1. The van der Waals surface area contributed by atoms with E-state index in [4.69, 9.17) is 11.6 Å². The Hall–Kier alpha value is -1.85. The molecule has 6 heteroatoms. The van der Waals surface area contributed by atoms with Crippen LogP contribution in [0.15, 0.2) is 41.1 Å². The van der Waals surface area contributed by atoms with Crippen molar-refractivity contribution in [3.05, 3.63) is 51.7 Å². The van der Waals surface area contributed by atoms with Crippen LogP contribution in [-0.4, -0.2) is 18.4 Å². The number of halogens is 1. The summed E-state index contributed by atoms with van der Waals surface area (Å²) >= 11 is 7.22. The topological polar surface area (TPSA) is 58.2 Å². The fourth-order valence-corrected chi connectivity index (χ4v) is 2.30. The second kappa shape index (κ2) is 7.07. The standard InChI is InChI=1S/C14H13ClN2O2S/c15-11-1-3-12(4-2-11)17-13(18)5-7-16-14(19)10-6-8-20-9-10/h1-4,6,8-9H,5,7H2,(H,16,19)(H,17,18). The van der Waals surface area contributed by atoms with E-state index in [0.29, 0.717) is 22.8 Å². The molecule has 20 heavy (non-hydrogen) atoms. The average Bonchev–Trinajstić information content (AvgIpc) is 2.95. The summed E-state index contributed by atoms with van der Waals surface area (Å²) in [5.41, 5.74) is 1.30. The van der Waals surface area contributed by atoms with Gasteiger partial charge in [0.25, 0.3) is 5.91 Å². The molecular formula is C14H13ClN2O2S. The molecule has 1 heterocycles. The maximum absolute atomic E-state index is 11.7. The Bertz CT molecular complexity index is 582. The lowest BCUT2D eigenvalue weighted by Crippen LogP contribution is -2.27. The van der Waals surface area contributed by atoms with Crippen molar-refractivity contribution in [3.63, 3.8) is 0 Å². The molecule has 0 radical (unpaired) electrons. The Morgan fingerprint density at radius 1 is 1.15 bits per heavy atom. The molecule has 0 atom stereocenters. The van der Waals surface area contributed by atoms with E-state index < -0.39 is 0 Å². The van der Waals surface area contributed by atoms with Crippen LogP contribution in [-0.2, 0) is 4.79 Å². The molecule has 0 fully saturated rings. The molecule has 0 aliphatic rings. The van der Waals surface area contributed by atoms with Gasteiger partial charge in [0.05, 0.1) is 0 Å². The predicted molar refractivity (Wildman–Crippen MR) is 81.4 cm³/mol. The van der Waals surface area contributed by atoms with Gasteiger partial charge < -0.3 is 10.6 Å². The van der Waals surface area contributed by atoms with E-state index in [1.165, 1.54) is 11.3 Å². The highest BCUT2D eigenvalue weighted by molar-refractivity contribution is 7.08. The van der Waals surface area contributed by atoms with E-state index in [-0.39, 0.29) is 18.2 Å². The first-order valence-electron chi connectivity index (χ1n) is 6.01. The largest absolute Gasteiger partial charge is 0.351 e. The van der Waals surface area contributed by atoms with Gasteiger partial charge in [-0.3, -0.25) is 9.59 Å². The number of anilines is 1. The highest BCUT2D eigenvalue weighted by Crippen LogP contribution is 2.13. The predicted octanol–water partition coefficient (Wildman–Crippen LogP) is 3.16. The van der Waals surface area contributed by atoms with Gasteiger partial charge in [0, 0.05) is 34.6 Å². The minimum atomic E-state index is -0.162. The molecule has 0 saturated heterocycles. The molecule has 2 amide bonds. The van der Waals surface area contributed by atoms with Crippen molar-refractivity contribution in [3.8, 4) is 0 Å². The van der Waals surface area contributed by atoms with Crippen molar-refractivity contribution in [2.24, 2.45) is 0 Å². The van der Waals surface area contributed by atoms with Crippen LogP contribution in [0.4, 0.5) is 5.69 Å². The lowest BCUT2D eigenvalue weighted by Gasteiger charge is -2.06. The molecule has 1 aromatic carbocycles. The summed E-state index contributed by atoms with van der Waals surface area (Å²) in [6.45, 7) is 0.300. The number of hydrogen-bond donors (Lipinski definition) is 2. The Morgan fingerprint density at radius 2 is 1.90 bits per heavy atom. The normalized spacial score (nSPS) is 10.1. The highest BCUT2D eigenvalue weighted by atomic mass is 35.5. The van der Waals surface area contributed by atoms with E-state index in [1.807, 2.05) is 5.38 Å². The van der Waals surface area contributed by atoms with Gasteiger partial charge in [-0.2, -0.15) is 11.3 Å². The first-order chi connectivity index (χ1) is 9.65. The van der Waals surface area contributed by atoms with Crippen LogP contribution in [0.5, 0.6) is 0 Å². The molecule has 0 aliphatic heterocycles. The van der Waals surface area contributed by atoms with Crippen LogP contribution in [0.1, 0.15) is 16.8 Å². The van der Waals surface area contributed by atoms with Crippen LogP contribution in [0.3, 0.4) is 0 Å². The summed E-state index contributed by atoms with van der Waals surface area (Å²) in [5.74, 6) is -0.316. The monoisotopic (exact) mass is 308 g/mol. The average molecular weight is 309 g/mol. The van der Waals surface area contributed by atoms with Gasteiger partial charge in [0.2, 0.25) is 5.91 Å². The van der Waals surface area contributed by atoms with Crippen molar-refractivity contribution in [1.29, 1.82) is 0 Å². The maximum Gasteiger partial charge on any atom is 0.252 e. The van der Waals surface area contributed by atoms with E-state index in [0.717, 1.165) is 0 Å². The minimum Gasteiger partial charge on any atom is -0.351 e. The molecule has 0 spiro atoms. The smallest absolute Gasteiger partial charge is 0.252 e. The molecule has 2 N–H and O–H groups in total. The van der Waals surface area contributed by atoms with E-state index >= 15 is 0 Å². The Labute approximate surface area is 125 Å². The fraction of sp³-hybridized carbons (Fsp3) is 0.143. The van der Waals surface area contributed by atoms with Crippen molar-refractivity contribution in [2.75, 3.05) is 11.9 Å². The number of thiophene rings is 1. The zero-order chi connectivity index (χ0) is 14.4. The van der Waals surface area contributed by atoms with Gasteiger partial charge in [-0.15, -0.1) is 0 Å². The number of rotatable bonds is 5. The van der Waals surface area contributed by atoms with Gasteiger partial charge in [-0.1, -0.05) is 11.6 Å². The summed E-state index contributed by atoms with van der Waals surface area (Å²) in [6, 6.07) is 8.60. The van der Waals surface area contributed by atoms with Crippen LogP contribution in [0.25, 0.3) is 0 Å². The molecule has 2 rings (SSSR count). The summed E-state index contributed by atoms with van der Waals surface area (Å²) in [6.07, 6.45) is 0.221. The maximum atomic E-state index is 11.7. The van der Waals surface area contributed by atoms with Gasteiger partial charge in [-0.25, -0.2) is 0 Å². The molecule has 0 bridgehead atoms. The van der Waals surface area contributed by atoms with E-state index in [2.05, 4.69) is 10.6 Å². The van der Waals surface area contributed by atoms with E-state index in [1.54, 1.807) is 35.7 Å². The second-order valence-electron chi connectivity index (χ2n) is 4.07. The summed E-state index contributed by atoms with van der Waals surface area (Å²) < 4.78 is 0. The Balaban J connectivity index is 1.73. The number of nitrogens with one attached hydrogen (secondary N) is 2. The second-order valence-corrected chi connectivity index (χ2v) is 5.29. The lowest BCUT2D eigenvalue weighted by molar-refractivity contribution is -0.116. The van der Waals surface area contributed by atoms with Gasteiger partial charge >= 0.3 is 0 Å². The van der Waals surface area contributed by atoms with Crippen molar-refractivity contribution in [1.82, 2.24) is 5.32 Å². The summed E-state index contributed by atoms with van der Waals surface area (Å²) in [4.78, 5) is 23.3. The summed E-state index contributed by atoms with van der Waals surface area (Å²) in [7, 11) is 0. The lowest BCUT2D eigenvalue weighted by atomic mass is 10.3. The van der Waals surface area contributed by atoms with Crippen LogP contribution < -0.4 is 10.6 Å². The van der Waals surface area contributed by atoms with Crippen molar-refractivity contribution < 1.29 is 9.59 Å². The third kappa shape index (κ3) is 4.36. The Kier molecular flexibility index (Phi) is 5.15. The molecular weight excluding hydrogens is 296 g/mol. The van der Waals surface area contributed by atoms with Crippen LogP contribution >= 0.6 is 22.9 Å². The van der Waals surface area contributed by atoms with Crippen LogP contribution in [0, 0.1) is 0 Å². The zero-order valence-corrected chi connectivity index (χ0v) is 12.1. The van der Waals surface area contributed by atoms with Crippen molar-refractivity contribution >= 4 is 40.4 Å². The number of carbonyl (C=O) groups excluding carboxylic acids is 2. The number of amides is 2. The first kappa shape index (κ1) is 14.6. The third-order valence-corrected chi connectivity index (χ3v) is 3.48. The minimum absolute atomic E-state index is 0.155. The molecule has 104 valence electrons. The molecule has 2 aromatic rings. The quantitative estimate of drug-likeness (QED) is 0.891. The van der Waals surface area contributed by atoms with Gasteiger partial charge in [0.1, 0.15) is 0 Å². The number of carbonyl (C=O) groups is 2. The Morgan fingerprint density at radius 3 is 2.55 bits per heavy atom. The van der Waals surface area contributed by atoms with Crippen molar-refractivity contribution in [2.45, 2.75) is 6.42 Å². The van der Waals surface area contributed by atoms with Gasteiger partial charge in [-0.05, 0) is 35.7 Å². The highest BCUT2D eigenvalue weighted by Gasteiger charge is 2.07. The number of hydrogen-bond acceptors (Lipinski definition) is 3. The molecule has 0 unspecified atom stereocenters. The molecule has 0 saturated carbocycles.